The molecule has 7 nitrogen and oxygen atoms in total. The van der Waals surface area contributed by atoms with Gasteiger partial charge in [0, 0.05) is 33.7 Å². The first-order valence-corrected chi connectivity index (χ1v) is 9.14. The molecule has 2 N–H and O–H groups in total. The van der Waals surface area contributed by atoms with E-state index in [1.807, 2.05) is 38.2 Å². The van der Waals surface area contributed by atoms with Gasteiger partial charge in [-0.3, -0.25) is 9.79 Å². The number of nitrogens with zero attached hydrogens (tertiary/aromatic N) is 2. The van der Waals surface area contributed by atoms with E-state index >= 15 is 0 Å². The molecule has 0 atom stereocenters. The fourth-order valence-electron chi connectivity index (χ4n) is 2.48. The molecule has 150 valence electrons. The van der Waals surface area contributed by atoms with Crippen molar-refractivity contribution < 1.29 is 14.3 Å². The first-order chi connectivity index (χ1) is 13.0. The molecule has 7 heteroatoms. The van der Waals surface area contributed by atoms with Gasteiger partial charge in [0.15, 0.2) is 24.1 Å². The minimum absolute atomic E-state index is 0.0378. The van der Waals surface area contributed by atoms with Crippen LogP contribution in [-0.4, -0.2) is 57.7 Å². The van der Waals surface area contributed by atoms with Crippen LogP contribution in [0.25, 0.3) is 0 Å². The number of methoxy groups -OCH3 is 1. The van der Waals surface area contributed by atoms with Crippen LogP contribution in [-0.2, 0) is 11.3 Å². The third-order valence-corrected chi connectivity index (χ3v) is 3.89. The van der Waals surface area contributed by atoms with E-state index in [0.29, 0.717) is 24.6 Å². The second-order valence-electron chi connectivity index (χ2n) is 5.98. The fourth-order valence-corrected chi connectivity index (χ4v) is 2.48. The van der Waals surface area contributed by atoms with Gasteiger partial charge in [0.1, 0.15) is 0 Å². The zero-order valence-corrected chi connectivity index (χ0v) is 16.9. The largest absolute Gasteiger partial charge is 0.493 e. The SMILES string of the molecule is C=CCCCN(C)C(=NC)NCc1ccc(OCC(=O)NCC)c(OC)c1. The van der Waals surface area contributed by atoms with Crippen molar-refractivity contribution in [2.75, 3.05) is 40.9 Å². The molecule has 0 saturated heterocycles. The summed E-state index contributed by atoms with van der Waals surface area (Å²) in [4.78, 5) is 17.9. The summed E-state index contributed by atoms with van der Waals surface area (Å²) in [6, 6.07) is 5.64. The Morgan fingerprint density at radius 2 is 2.11 bits per heavy atom. The summed E-state index contributed by atoms with van der Waals surface area (Å²) < 4.78 is 10.9. The summed E-state index contributed by atoms with van der Waals surface area (Å²) in [5, 5.41) is 6.03. The highest BCUT2D eigenvalue weighted by atomic mass is 16.5. The summed E-state index contributed by atoms with van der Waals surface area (Å²) in [6.07, 6.45) is 3.94. The standard InChI is InChI=1S/C20H32N4O3/c1-6-8-9-12-24(4)20(21-3)23-14-16-10-11-17(18(13-16)26-5)27-15-19(25)22-7-2/h6,10-11,13H,1,7-9,12,14-15H2,2-5H3,(H,21,23)(H,22,25). The molecule has 1 aromatic rings. The summed E-state index contributed by atoms with van der Waals surface area (Å²) in [5.41, 5.74) is 1.03. The van der Waals surface area contributed by atoms with Gasteiger partial charge in [0.05, 0.1) is 7.11 Å². The normalized spacial score (nSPS) is 10.9. The second kappa shape index (κ2) is 12.6. The molecule has 0 aliphatic carbocycles. The number of hydrogen-bond donors (Lipinski definition) is 2. The number of carbonyl (C=O) groups is 1. The first-order valence-electron chi connectivity index (χ1n) is 9.14. The number of nitrogens with one attached hydrogen (secondary N) is 2. The van der Waals surface area contributed by atoms with Gasteiger partial charge >= 0.3 is 0 Å². The van der Waals surface area contributed by atoms with Crippen molar-refractivity contribution in [2.24, 2.45) is 4.99 Å². The quantitative estimate of drug-likeness (QED) is 0.268. The fraction of sp³-hybridized carbons (Fsp3) is 0.500. The summed E-state index contributed by atoms with van der Waals surface area (Å²) in [7, 11) is 5.36. The van der Waals surface area contributed by atoms with E-state index in [0.717, 1.165) is 30.9 Å². The molecule has 0 radical (unpaired) electrons. The van der Waals surface area contributed by atoms with Crippen LogP contribution in [0.1, 0.15) is 25.3 Å². The highest BCUT2D eigenvalue weighted by Crippen LogP contribution is 2.28. The Balaban J connectivity index is 2.64. The Morgan fingerprint density at radius 3 is 2.74 bits per heavy atom. The van der Waals surface area contributed by atoms with Gasteiger partial charge in [-0.25, -0.2) is 0 Å². The maximum absolute atomic E-state index is 11.5. The number of allylic oxidation sites excluding steroid dienone is 1. The number of carbonyl (C=O) groups excluding carboxylic acids is 1. The Labute approximate surface area is 162 Å². The maximum Gasteiger partial charge on any atom is 0.257 e. The van der Waals surface area contributed by atoms with Crippen LogP contribution >= 0.6 is 0 Å². The van der Waals surface area contributed by atoms with Gasteiger partial charge in [-0.2, -0.15) is 0 Å². The highest BCUT2D eigenvalue weighted by Gasteiger charge is 2.10. The molecular weight excluding hydrogens is 344 g/mol. The Bertz CT molecular complexity index is 632. The van der Waals surface area contributed by atoms with Crippen molar-refractivity contribution in [1.82, 2.24) is 15.5 Å². The van der Waals surface area contributed by atoms with Crippen LogP contribution < -0.4 is 20.1 Å². The number of guanidine groups is 1. The zero-order chi connectivity index (χ0) is 20.1. The second-order valence-corrected chi connectivity index (χ2v) is 5.98. The predicted molar refractivity (Wildman–Crippen MR) is 109 cm³/mol. The lowest BCUT2D eigenvalue weighted by atomic mass is 10.2. The van der Waals surface area contributed by atoms with Crippen LogP contribution in [0.15, 0.2) is 35.8 Å². The monoisotopic (exact) mass is 376 g/mol. The molecule has 0 bridgehead atoms. The number of benzene rings is 1. The van der Waals surface area contributed by atoms with Crippen LogP contribution in [0.4, 0.5) is 0 Å². The number of aliphatic imine (C=N–C) groups is 1. The lowest BCUT2D eigenvalue weighted by molar-refractivity contribution is -0.123. The minimum Gasteiger partial charge on any atom is -0.493 e. The number of likely N-dealkylation sites (N-methyl/N-ethyl adjacent to an activating group) is 1. The zero-order valence-electron chi connectivity index (χ0n) is 16.9. The van der Waals surface area contributed by atoms with E-state index in [1.165, 1.54) is 0 Å². The minimum atomic E-state index is -0.159. The predicted octanol–water partition coefficient (Wildman–Crippen LogP) is 2.18. The van der Waals surface area contributed by atoms with E-state index in [4.69, 9.17) is 9.47 Å². The molecule has 0 aliphatic heterocycles. The molecule has 0 saturated carbocycles. The lowest BCUT2D eigenvalue weighted by Gasteiger charge is -2.22. The number of ether oxygens (including phenoxy) is 2. The van der Waals surface area contributed by atoms with E-state index in [-0.39, 0.29) is 12.5 Å². The number of amides is 1. The van der Waals surface area contributed by atoms with E-state index < -0.39 is 0 Å². The molecule has 0 heterocycles. The third kappa shape index (κ3) is 8.02. The molecule has 1 amide bonds. The number of unbranched alkanes of at least 4 members (excludes halogenated alkanes) is 1. The Hall–Kier alpha value is -2.70. The molecule has 0 unspecified atom stereocenters. The van der Waals surface area contributed by atoms with Crippen LogP contribution in [0.2, 0.25) is 0 Å². The molecule has 0 aliphatic rings. The molecule has 0 spiro atoms. The average Bonchev–Trinajstić information content (AvgIpc) is 2.67. The van der Waals surface area contributed by atoms with Crippen LogP contribution in [0.3, 0.4) is 0 Å². The van der Waals surface area contributed by atoms with Gasteiger partial charge in [-0.05, 0) is 37.5 Å². The van der Waals surface area contributed by atoms with E-state index in [9.17, 15) is 4.79 Å². The highest BCUT2D eigenvalue weighted by molar-refractivity contribution is 5.79. The van der Waals surface area contributed by atoms with Crippen molar-refractivity contribution in [3.05, 3.63) is 36.4 Å². The van der Waals surface area contributed by atoms with Gasteiger partial charge < -0.3 is 25.0 Å². The van der Waals surface area contributed by atoms with Gasteiger partial charge in [-0.15, -0.1) is 6.58 Å². The molecule has 0 fully saturated rings. The summed E-state index contributed by atoms with van der Waals surface area (Å²) in [5.74, 6) is 1.80. The van der Waals surface area contributed by atoms with Gasteiger partial charge in [0.2, 0.25) is 0 Å². The topological polar surface area (TPSA) is 75.2 Å². The molecule has 1 rings (SSSR count). The Morgan fingerprint density at radius 1 is 1.33 bits per heavy atom. The molecule has 27 heavy (non-hydrogen) atoms. The van der Waals surface area contributed by atoms with Crippen molar-refractivity contribution >= 4 is 11.9 Å². The molecule has 1 aromatic carbocycles. The van der Waals surface area contributed by atoms with Crippen LogP contribution in [0, 0.1) is 0 Å². The summed E-state index contributed by atoms with van der Waals surface area (Å²) >= 11 is 0. The Kier molecular flexibility index (Phi) is 10.4. The third-order valence-electron chi connectivity index (χ3n) is 3.89. The average molecular weight is 377 g/mol. The van der Waals surface area contributed by atoms with E-state index in [1.54, 1.807) is 14.2 Å². The molecule has 0 aromatic heterocycles. The maximum atomic E-state index is 11.5. The number of hydrogen-bond acceptors (Lipinski definition) is 4. The van der Waals surface area contributed by atoms with Gasteiger partial charge in [0.25, 0.3) is 5.91 Å². The van der Waals surface area contributed by atoms with Crippen LogP contribution in [0.5, 0.6) is 11.5 Å². The van der Waals surface area contributed by atoms with Crippen molar-refractivity contribution in [2.45, 2.75) is 26.3 Å². The number of rotatable bonds is 11. The smallest absolute Gasteiger partial charge is 0.257 e. The first kappa shape index (κ1) is 22.3. The van der Waals surface area contributed by atoms with Crippen molar-refractivity contribution in [3.8, 4) is 11.5 Å². The lowest BCUT2D eigenvalue weighted by Crippen LogP contribution is -2.38. The van der Waals surface area contributed by atoms with E-state index in [2.05, 4.69) is 27.1 Å². The molecular formula is C20H32N4O3. The van der Waals surface area contributed by atoms with Crippen molar-refractivity contribution in [1.29, 1.82) is 0 Å². The van der Waals surface area contributed by atoms with Crippen molar-refractivity contribution in [3.63, 3.8) is 0 Å². The summed E-state index contributed by atoms with van der Waals surface area (Å²) in [6.45, 7) is 7.66. The van der Waals surface area contributed by atoms with Gasteiger partial charge in [-0.1, -0.05) is 12.1 Å².